The molecular formula is C17H13NO4S2. The number of furan rings is 1. The Balaban J connectivity index is 1.82. The fraction of sp³-hybridized carbons (Fsp3) is 0.118. The van der Waals surface area contributed by atoms with Crippen LogP contribution in [-0.2, 0) is 9.53 Å². The zero-order valence-corrected chi connectivity index (χ0v) is 14.6. The highest BCUT2D eigenvalue weighted by molar-refractivity contribution is 8.26. The van der Waals surface area contributed by atoms with Gasteiger partial charge in [0.1, 0.15) is 15.8 Å². The van der Waals surface area contributed by atoms with Crippen molar-refractivity contribution in [2.24, 2.45) is 0 Å². The Kier molecular flexibility index (Phi) is 4.55. The Bertz CT molecular complexity index is 852. The second-order valence-corrected chi connectivity index (χ2v) is 6.69. The highest BCUT2D eigenvalue weighted by atomic mass is 32.2. The molecule has 1 aromatic carbocycles. The summed E-state index contributed by atoms with van der Waals surface area (Å²) in [7, 11) is 2.99. The number of benzene rings is 1. The van der Waals surface area contributed by atoms with Crippen molar-refractivity contribution in [3.8, 4) is 11.3 Å². The minimum Gasteiger partial charge on any atom is -0.465 e. The van der Waals surface area contributed by atoms with Crippen molar-refractivity contribution in [3.63, 3.8) is 0 Å². The molecule has 0 radical (unpaired) electrons. The maximum atomic E-state index is 12.0. The first kappa shape index (κ1) is 16.5. The predicted octanol–water partition coefficient (Wildman–Crippen LogP) is 3.56. The number of esters is 1. The molecule has 0 aliphatic carbocycles. The van der Waals surface area contributed by atoms with Crippen LogP contribution in [0.3, 0.4) is 0 Å². The molecule has 1 amide bonds. The summed E-state index contributed by atoms with van der Waals surface area (Å²) in [4.78, 5) is 25.4. The Hall–Kier alpha value is -2.38. The lowest BCUT2D eigenvalue weighted by Gasteiger charge is -2.03. The van der Waals surface area contributed by atoms with Gasteiger partial charge in [-0.2, -0.15) is 0 Å². The number of carbonyl (C=O) groups excluding carboxylic acids is 2. The van der Waals surface area contributed by atoms with Crippen LogP contribution in [0.1, 0.15) is 16.1 Å². The average Bonchev–Trinajstić information content (AvgIpc) is 3.16. The van der Waals surface area contributed by atoms with E-state index in [1.807, 2.05) is 6.07 Å². The third kappa shape index (κ3) is 3.13. The van der Waals surface area contributed by atoms with Gasteiger partial charge in [0, 0.05) is 18.7 Å². The molecule has 0 spiro atoms. The Labute approximate surface area is 148 Å². The van der Waals surface area contributed by atoms with Gasteiger partial charge in [-0.05, 0) is 24.3 Å². The lowest BCUT2D eigenvalue weighted by Crippen LogP contribution is -2.22. The van der Waals surface area contributed by atoms with Gasteiger partial charge in [0.15, 0.2) is 0 Å². The van der Waals surface area contributed by atoms with Gasteiger partial charge in [-0.15, -0.1) is 0 Å². The smallest absolute Gasteiger partial charge is 0.337 e. The molecule has 1 aliphatic heterocycles. The number of thioether (sulfide) groups is 1. The summed E-state index contributed by atoms with van der Waals surface area (Å²) in [6.45, 7) is 0. The summed E-state index contributed by atoms with van der Waals surface area (Å²) in [5.41, 5.74) is 1.30. The molecule has 0 saturated carbocycles. The zero-order chi connectivity index (χ0) is 17.3. The normalized spacial score (nSPS) is 16.1. The van der Waals surface area contributed by atoms with Crippen molar-refractivity contribution in [1.82, 2.24) is 4.90 Å². The lowest BCUT2D eigenvalue weighted by atomic mass is 10.1. The third-order valence-electron chi connectivity index (χ3n) is 3.48. The van der Waals surface area contributed by atoms with E-state index in [4.69, 9.17) is 16.6 Å². The minimum absolute atomic E-state index is 0.134. The number of hydrogen-bond acceptors (Lipinski definition) is 6. The molecule has 122 valence electrons. The van der Waals surface area contributed by atoms with Crippen molar-refractivity contribution in [2.75, 3.05) is 14.2 Å². The molecule has 1 saturated heterocycles. The van der Waals surface area contributed by atoms with E-state index in [1.165, 1.54) is 23.8 Å². The summed E-state index contributed by atoms with van der Waals surface area (Å²) < 4.78 is 11.0. The second kappa shape index (κ2) is 6.62. The monoisotopic (exact) mass is 359 g/mol. The number of methoxy groups -OCH3 is 1. The summed E-state index contributed by atoms with van der Waals surface area (Å²) in [6.07, 6.45) is 1.68. The van der Waals surface area contributed by atoms with Crippen LogP contribution in [0.2, 0.25) is 0 Å². The van der Waals surface area contributed by atoms with Gasteiger partial charge < -0.3 is 9.15 Å². The maximum Gasteiger partial charge on any atom is 0.337 e. The van der Waals surface area contributed by atoms with Crippen molar-refractivity contribution in [3.05, 3.63) is 52.6 Å². The summed E-state index contributed by atoms with van der Waals surface area (Å²) in [6, 6.07) is 10.5. The van der Waals surface area contributed by atoms with Gasteiger partial charge in [0.2, 0.25) is 0 Å². The summed E-state index contributed by atoms with van der Waals surface area (Å²) in [5, 5.41) is 0. The van der Waals surface area contributed by atoms with Gasteiger partial charge in [0.05, 0.1) is 17.6 Å². The van der Waals surface area contributed by atoms with E-state index in [0.29, 0.717) is 26.3 Å². The van der Waals surface area contributed by atoms with E-state index in [0.717, 1.165) is 5.56 Å². The maximum absolute atomic E-state index is 12.0. The predicted molar refractivity (Wildman–Crippen MR) is 96.4 cm³/mol. The number of rotatable bonds is 3. The fourth-order valence-electron chi connectivity index (χ4n) is 2.15. The Morgan fingerprint density at radius 3 is 2.54 bits per heavy atom. The van der Waals surface area contributed by atoms with Crippen LogP contribution in [0.25, 0.3) is 17.4 Å². The molecule has 1 aromatic heterocycles. The van der Waals surface area contributed by atoms with E-state index in [1.54, 1.807) is 43.5 Å². The van der Waals surface area contributed by atoms with Crippen molar-refractivity contribution in [2.45, 2.75) is 0 Å². The molecule has 0 unspecified atom stereocenters. The first-order valence-corrected chi connectivity index (χ1v) is 8.22. The topological polar surface area (TPSA) is 59.8 Å². The van der Waals surface area contributed by atoms with E-state index in [-0.39, 0.29) is 11.9 Å². The van der Waals surface area contributed by atoms with Gasteiger partial charge in [0.25, 0.3) is 5.91 Å². The average molecular weight is 359 g/mol. The van der Waals surface area contributed by atoms with E-state index in [2.05, 4.69) is 4.74 Å². The molecule has 1 aliphatic rings. The highest BCUT2D eigenvalue weighted by Gasteiger charge is 2.29. The van der Waals surface area contributed by atoms with E-state index >= 15 is 0 Å². The van der Waals surface area contributed by atoms with Crippen molar-refractivity contribution in [1.29, 1.82) is 0 Å². The van der Waals surface area contributed by atoms with Crippen LogP contribution in [0.4, 0.5) is 0 Å². The van der Waals surface area contributed by atoms with Crippen LogP contribution in [0, 0.1) is 0 Å². The highest BCUT2D eigenvalue weighted by Crippen LogP contribution is 2.32. The molecular weight excluding hydrogens is 346 g/mol. The quantitative estimate of drug-likeness (QED) is 0.474. The lowest BCUT2D eigenvalue weighted by molar-refractivity contribution is -0.121. The van der Waals surface area contributed by atoms with E-state index < -0.39 is 0 Å². The molecule has 1 fully saturated rings. The molecule has 2 heterocycles. The SMILES string of the molecule is COC(=O)c1ccc(-c2ccc(/C=C3/SC(=S)N(C)C3=O)o2)cc1. The molecule has 0 bridgehead atoms. The number of carbonyl (C=O) groups is 2. The molecule has 7 heteroatoms. The van der Waals surface area contributed by atoms with Crippen LogP contribution in [0.15, 0.2) is 45.7 Å². The molecule has 24 heavy (non-hydrogen) atoms. The number of ether oxygens (including phenoxy) is 1. The van der Waals surface area contributed by atoms with Crippen LogP contribution in [-0.4, -0.2) is 35.3 Å². The van der Waals surface area contributed by atoms with Gasteiger partial charge in [-0.25, -0.2) is 4.79 Å². The number of amides is 1. The third-order valence-corrected chi connectivity index (χ3v) is 4.96. The van der Waals surface area contributed by atoms with Crippen molar-refractivity contribution >= 4 is 46.3 Å². The van der Waals surface area contributed by atoms with Crippen LogP contribution < -0.4 is 0 Å². The Morgan fingerprint density at radius 2 is 1.96 bits per heavy atom. The zero-order valence-electron chi connectivity index (χ0n) is 12.9. The Morgan fingerprint density at radius 1 is 1.25 bits per heavy atom. The van der Waals surface area contributed by atoms with Gasteiger partial charge in [-0.3, -0.25) is 9.69 Å². The molecule has 0 N–H and O–H groups in total. The fourth-order valence-corrected chi connectivity index (χ4v) is 3.31. The number of hydrogen-bond donors (Lipinski definition) is 0. The largest absolute Gasteiger partial charge is 0.465 e. The summed E-state index contributed by atoms with van der Waals surface area (Å²) in [5.74, 6) is 0.689. The van der Waals surface area contributed by atoms with E-state index in [9.17, 15) is 9.59 Å². The second-order valence-electron chi connectivity index (χ2n) is 5.01. The van der Waals surface area contributed by atoms with Gasteiger partial charge in [-0.1, -0.05) is 36.1 Å². The minimum atomic E-state index is -0.386. The molecule has 2 aromatic rings. The van der Waals surface area contributed by atoms with Crippen molar-refractivity contribution < 1.29 is 18.7 Å². The number of nitrogens with zero attached hydrogens (tertiary/aromatic N) is 1. The number of likely N-dealkylation sites (N-methyl/N-ethyl adjacent to an activating group) is 1. The number of thiocarbonyl (C=S) groups is 1. The van der Waals surface area contributed by atoms with Crippen LogP contribution in [0.5, 0.6) is 0 Å². The first-order valence-electron chi connectivity index (χ1n) is 7.00. The molecule has 0 atom stereocenters. The standard InChI is InChI=1S/C17H13NO4S2/c1-18-15(19)14(24-17(18)23)9-12-7-8-13(22-12)10-3-5-11(6-4-10)16(20)21-2/h3-9H,1-2H3/b14-9+. The molecule has 5 nitrogen and oxygen atoms in total. The molecule has 3 rings (SSSR count). The summed E-state index contributed by atoms with van der Waals surface area (Å²) >= 11 is 6.34. The van der Waals surface area contributed by atoms with Crippen LogP contribution >= 0.6 is 24.0 Å². The first-order chi connectivity index (χ1) is 11.5. The van der Waals surface area contributed by atoms with Gasteiger partial charge >= 0.3 is 5.97 Å².